The van der Waals surface area contributed by atoms with Crippen molar-refractivity contribution < 1.29 is 27.9 Å². The van der Waals surface area contributed by atoms with Gasteiger partial charge in [-0.05, 0) is 0 Å². The number of carbonyl (C=O) groups excluding carboxylic acids is 1. The molecule has 0 spiro atoms. The lowest BCUT2D eigenvalue weighted by atomic mass is 10.3. The Bertz CT molecular complexity index is 472. The normalized spacial score (nSPS) is 16.8. The molecule has 1 heterocycles. The fourth-order valence-electron chi connectivity index (χ4n) is 2.02. The Labute approximate surface area is 124 Å². The van der Waals surface area contributed by atoms with E-state index in [9.17, 15) is 18.0 Å². The molecule has 1 saturated heterocycles. The number of hydrogen-bond acceptors (Lipinski definition) is 5. The molecule has 0 unspecified atom stereocenters. The first kappa shape index (κ1) is 17.7. The van der Waals surface area contributed by atoms with Crippen LogP contribution in [0.4, 0.5) is 4.79 Å². The molecular formula is C11H21N3O6S. The molecule has 1 rings (SSSR count). The van der Waals surface area contributed by atoms with E-state index in [-0.39, 0.29) is 39.3 Å². The van der Waals surface area contributed by atoms with Gasteiger partial charge >= 0.3 is 12.0 Å². The fraction of sp³-hybridized carbons (Fsp3) is 0.818. The maximum absolute atomic E-state index is 12.3. The van der Waals surface area contributed by atoms with Gasteiger partial charge in [0.05, 0.1) is 12.9 Å². The number of carbonyl (C=O) groups is 2. The first-order valence-corrected chi connectivity index (χ1v) is 8.30. The quantitative estimate of drug-likeness (QED) is 0.652. The van der Waals surface area contributed by atoms with Crippen molar-refractivity contribution in [2.24, 2.45) is 0 Å². The zero-order valence-corrected chi connectivity index (χ0v) is 13.0. The standard InChI is InChI=1S/C11H21N3O6S/c1-20-8-7-13(9-10(15)16)11(17)12-3-5-14(6-4-12)21(2,18)19/h3-9H2,1-2H3,(H,15,16). The lowest BCUT2D eigenvalue weighted by molar-refractivity contribution is -0.137. The molecule has 1 aliphatic rings. The number of carboxylic acids is 1. The molecule has 1 fully saturated rings. The predicted octanol–water partition coefficient (Wildman–Crippen LogP) is -1.28. The summed E-state index contributed by atoms with van der Waals surface area (Å²) in [5, 5.41) is 8.84. The van der Waals surface area contributed by atoms with Crippen molar-refractivity contribution in [1.29, 1.82) is 0 Å². The first-order chi connectivity index (χ1) is 9.75. The van der Waals surface area contributed by atoms with Crippen molar-refractivity contribution in [2.75, 3.05) is 59.2 Å². The number of nitrogens with zero attached hydrogens (tertiary/aromatic N) is 3. The minimum atomic E-state index is -3.26. The van der Waals surface area contributed by atoms with Crippen LogP contribution in [0.5, 0.6) is 0 Å². The number of methoxy groups -OCH3 is 1. The smallest absolute Gasteiger partial charge is 0.323 e. The summed E-state index contributed by atoms with van der Waals surface area (Å²) in [5.74, 6) is -1.10. The van der Waals surface area contributed by atoms with Gasteiger partial charge in [-0.2, -0.15) is 4.31 Å². The van der Waals surface area contributed by atoms with Gasteiger partial charge in [0, 0.05) is 39.8 Å². The topological polar surface area (TPSA) is 107 Å². The van der Waals surface area contributed by atoms with E-state index in [1.165, 1.54) is 21.2 Å². The molecule has 0 radical (unpaired) electrons. The molecule has 0 aromatic carbocycles. The number of hydrogen-bond donors (Lipinski definition) is 1. The average Bonchev–Trinajstić information content (AvgIpc) is 2.41. The van der Waals surface area contributed by atoms with Crippen LogP contribution in [0.25, 0.3) is 0 Å². The summed E-state index contributed by atoms with van der Waals surface area (Å²) >= 11 is 0. The molecule has 122 valence electrons. The Morgan fingerprint density at radius 1 is 1.24 bits per heavy atom. The number of sulfonamides is 1. The monoisotopic (exact) mass is 323 g/mol. The number of aliphatic carboxylic acids is 1. The summed E-state index contributed by atoms with van der Waals surface area (Å²) in [6.45, 7) is 0.931. The minimum absolute atomic E-state index is 0.175. The molecular weight excluding hydrogens is 302 g/mol. The van der Waals surface area contributed by atoms with Gasteiger partial charge in [0.1, 0.15) is 6.54 Å². The first-order valence-electron chi connectivity index (χ1n) is 6.45. The van der Waals surface area contributed by atoms with Crippen molar-refractivity contribution in [3.8, 4) is 0 Å². The third-order valence-electron chi connectivity index (χ3n) is 3.14. The summed E-state index contributed by atoms with van der Waals surface area (Å²) in [5.41, 5.74) is 0. The van der Waals surface area contributed by atoms with E-state index in [0.717, 1.165) is 6.26 Å². The van der Waals surface area contributed by atoms with E-state index in [4.69, 9.17) is 9.84 Å². The van der Waals surface area contributed by atoms with E-state index in [1.54, 1.807) is 0 Å². The van der Waals surface area contributed by atoms with Crippen LogP contribution in [0.1, 0.15) is 0 Å². The van der Waals surface area contributed by atoms with Gasteiger partial charge in [-0.25, -0.2) is 13.2 Å². The Morgan fingerprint density at radius 3 is 2.24 bits per heavy atom. The van der Waals surface area contributed by atoms with Crippen LogP contribution >= 0.6 is 0 Å². The van der Waals surface area contributed by atoms with E-state index in [1.807, 2.05) is 0 Å². The molecule has 0 aliphatic carbocycles. The van der Waals surface area contributed by atoms with Gasteiger partial charge in [0.25, 0.3) is 0 Å². The molecule has 21 heavy (non-hydrogen) atoms. The van der Waals surface area contributed by atoms with Gasteiger partial charge in [-0.15, -0.1) is 0 Å². The highest BCUT2D eigenvalue weighted by molar-refractivity contribution is 7.88. The highest BCUT2D eigenvalue weighted by Gasteiger charge is 2.29. The van der Waals surface area contributed by atoms with Gasteiger partial charge in [-0.3, -0.25) is 4.79 Å². The zero-order valence-electron chi connectivity index (χ0n) is 12.2. The van der Waals surface area contributed by atoms with E-state index >= 15 is 0 Å². The average molecular weight is 323 g/mol. The maximum Gasteiger partial charge on any atom is 0.323 e. The molecule has 0 aromatic heterocycles. The van der Waals surface area contributed by atoms with E-state index < -0.39 is 28.6 Å². The highest BCUT2D eigenvalue weighted by Crippen LogP contribution is 2.08. The molecule has 9 nitrogen and oxygen atoms in total. The zero-order chi connectivity index (χ0) is 16.0. The molecule has 1 aliphatic heterocycles. The van der Waals surface area contributed by atoms with Crippen molar-refractivity contribution in [1.82, 2.24) is 14.1 Å². The van der Waals surface area contributed by atoms with Crippen LogP contribution in [0.3, 0.4) is 0 Å². The van der Waals surface area contributed by atoms with Crippen LogP contribution in [-0.4, -0.2) is 98.9 Å². The molecule has 0 aromatic rings. The lowest BCUT2D eigenvalue weighted by Gasteiger charge is -2.36. The Hall–Kier alpha value is -1.39. The van der Waals surface area contributed by atoms with Crippen molar-refractivity contribution in [3.05, 3.63) is 0 Å². The third kappa shape index (κ3) is 5.48. The molecule has 10 heteroatoms. The summed E-state index contributed by atoms with van der Waals surface area (Å²) in [6, 6.07) is -0.414. The second-order valence-corrected chi connectivity index (χ2v) is 6.72. The van der Waals surface area contributed by atoms with Gasteiger partial charge < -0.3 is 19.6 Å². The van der Waals surface area contributed by atoms with Crippen molar-refractivity contribution >= 4 is 22.0 Å². The van der Waals surface area contributed by atoms with E-state index in [2.05, 4.69) is 0 Å². The molecule has 0 bridgehead atoms. The van der Waals surface area contributed by atoms with Crippen LogP contribution in [0, 0.1) is 0 Å². The summed E-state index contributed by atoms with van der Waals surface area (Å²) < 4.78 is 29.0. The van der Waals surface area contributed by atoms with Crippen LogP contribution in [-0.2, 0) is 19.6 Å². The molecule has 2 amide bonds. The number of piperazine rings is 1. The number of amides is 2. The molecule has 0 atom stereocenters. The summed E-state index contributed by atoms with van der Waals surface area (Å²) in [6.07, 6.45) is 1.12. The SMILES string of the molecule is COCCN(CC(=O)O)C(=O)N1CCN(S(C)(=O)=O)CC1. The second kappa shape index (κ2) is 7.57. The summed E-state index contributed by atoms with van der Waals surface area (Å²) in [7, 11) is -1.79. The number of ether oxygens (including phenoxy) is 1. The van der Waals surface area contributed by atoms with Crippen molar-refractivity contribution in [3.63, 3.8) is 0 Å². The highest BCUT2D eigenvalue weighted by atomic mass is 32.2. The van der Waals surface area contributed by atoms with Gasteiger partial charge in [0.15, 0.2) is 0 Å². The second-order valence-electron chi connectivity index (χ2n) is 4.74. The molecule has 0 saturated carbocycles. The van der Waals surface area contributed by atoms with Crippen LogP contribution in [0.15, 0.2) is 0 Å². The summed E-state index contributed by atoms with van der Waals surface area (Å²) in [4.78, 5) is 25.7. The van der Waals surface area contributed by atoms with Crippen molar-refractivity contribution in [2.45, 2.75) is 0 Å². The largest absolute Gasteiger partial charge is 0.480 e. The third-order valence-corrected chi connectivity index (χ3v) is 4.44. The minimum Gasteiger partial charge on any atom is -0.480 e. The maximum atomic E-state index is 12.3. The van der Waals surface area contributed by atoms with Crippen LogP contribution < -0.4 is 0 Å². The number of carboxylic acid groups (broad SMARTS) is 1. The fourth-order valence-corrected chi connectivity index (χ4v) is 2.84. The number of urea groups is 1. The van der Waals surface area contributed by atoms with Crippen LogP contribution in [0.2, 0.25) is 0 Å². The van der Waals surface area contributed by atoms with E-state index in [0.29, 0.717) is 0 Å². The number of rotatable bonds is 6. The van der Waals surface area contributed by atoms with Gasteiger partial charge in [0.2, 0.25) is 10.0 Å². The Balaban J connectivity index is 2.62. The Kier molecular flexibility index (Phi) is 6.37. The predicted molar refractivity (Wildman–Crippen MR) is 74.5 cm³/mol. The molecule has 1 N–H and O–H groups in total. The van der Waals surface area contributed by atoms with Gasteiger partial charge in [-0.1, -0.05) is 0 Å². The lowest BCUT2D eigenvalue weighted by Crippen LogP contribution is -2.54. The Morgan fingerprint density at radius 2 is 1.81 bits per heavy atom.